The Labute approximate surface area is 181 Å². The lowest BCUT2D eigenvalue weighted by molar-refractivity contribution is 0.0508. The first-order valence-corrected chi connectivity index (χ1v) is 11.3. The second kappa shape index (κ2) is 8.60. The maximum atomic E-state index is 6.24. The number of benzene rings is 2. The Hall–Kier alpha value is -2.04. The molecule has 0 saturated heterocycles. The molecular formula is C26H36N2O2. The van der Waals surface area contributed by atoms with Gasteiger partial charge in [0.25, 0.3) is 0 Å². The van der Waals surface area contributed by atoms with Gasteiger partial charge in [0.15, 0.2) is 0 Å². The summed E-state index contributed by atoms with van der Waals surface area (Å²) in [4.78, 5) is 4.82. The minimum absolute atomic E-state index is 0.482. The van der Waals surface area contributed by atoms with Crippen LogP contribution in [0.25, 0.3) is 0 Å². The Bertz CT molecular complexity index is 844. The topological polar surface area (TPSA) is 24.9 Å². The van der Waals surface area contributed by atoms with Crippen LogP contribution in [0.1, 0.15) is 72.9 Å². The summed E-state index contributed by atoms with van der Waals surface area (Å²) in [6.45, 7) is 18.6. The van der Waals surface area contributed by atoms with Gasteiger partial charge in [0.1, 0.15) is 25.0 Å². The molecule has 162 valence electrons. The van der Waals surface area contributed by atoms with Gasteiger partial charge in [-0.2, -0.15) is 0 Å². The van der Waals surface area contributed by atoms with Crippen LogP contribution in [0.3, 0.4) is 0 Å². The SMILES string of the molecule is Cc1ccc(C(C)C)c2c1CN(CCN1COc3c(C(C)C)ccc(C)c3C1)CO2. The van der Waals surface area contributed by atoms with Crippen molar-refractivity contribution in [2.75, 3.05) is 26.6 Å². The summed E-state index contributed by atoms with van der Waals surface area (Å²) in [6.07, 6.45) is 0. The number of aryl methyl sites for hydroxylation is 2. The predicted octanol–water partition coefficient (Wildman–Crippen LogP) is 5.55. The van der Waals surface area contributed by atoms with Gasteiger partial charge in [-0.3, -0.25) is 9.80 Å². The molecule has 0 amide bonds. The number of nitrogens with zero attached hydrogens (tertiary/aromatic N) is 2. The van der Waals surface area contributed by atoms with Crippen molar-refractivity contribution in [3.63, 3.8) is 0 Å². The molecule has 2 aromatic carbocycles. The largest absolute Gasteiger partial charge is 0.477 e. The number of hydrogen-bond donors (Lipinski definition) is 0. The van der Waals surface area contributed by atoms with Crippen molar-refractivity contribution >= 4 is 0 Å². The molecule has 30 heavy (non-hydrogen) atoms. The van der Waals surface area contributed by atoms with E-state index in [1.165, 1.54) is 33.4 Å². The number of ether oxygens (including phenoxy) is 2. The Morgan fingerprint density at radius 2 is 1.10 bits per heavy atom. The van der Waals surface area contributed by atoms with E-state index in [1.807, 2.05) is 0 Å². The molecule has 0 bridgehead atoms. The van der Waals surface area contributed by atoms with Crippen LogP contribution in [0.2, 0.25) is 0 Å². The third-order valence-electron chi connectivity index (χ3n) is 6.57. The fourth-order valence-electron chi connectivity index (χ4n) is 4.55. The molecular weight excluding hydrogens is 372 g/mol. The third kappa shape index (κ3) is 4.08. The fraction of sp³-hybridized carbons (Fsp3) is 0.538. The van der Waals surface area contributed by atoms with Crippen molar-refractivity contribution in [2.45, 2.75) is 66.5 Å². The van der Waals surface area contributed by atoms with Gasteiger partial charge in [-0.15, -0.1) is 0 Å². The molecule has 0 aliphatic carbocycles. The average molecular weight is 409 g/mol. The van der Waals surface area contributed by atoms with E-state index in [2.05, 4.69) is 75.6 Å². The highest BCUT2D eigenvalue weighted by Gasteiger charge is 2.26. The molecule has 2 heterocycles. The normalized spacial score (nSPS) is 16.9. The van der Waals surface area contributed by atoms with Crippen LogP contribution in [0.5, 0.6) is 11.5 Å². The van der Waals surface area contributed by atoms with E-state index in [4.69, 9.17) is 9.47 Å². The van der Waals surface area contributed by atoms with Crippen LogP contribution in [-0.4, -0.2) is 36.4 Å². The summed E-state index contributed by atoms with van der Waals surface area (Å²) < 4.78 is 12.5. The summed E-state index contributed by atoms with van der Waals surface area (Å²) in [7, 11) is 0. The van der Waals surface area contributed by atoms with Gasteiger partial charge in [-0.25, -0.2) is 0 Å². The summed E-state index contributed by atoms with van der Waals surface area (Å²) in [6, 6.07) is 8.94. The molecule has 0 atom stereocenters. The number of rotatable bonds is 5. The molecule has 2 aromatic rings. The van der Waals surface area contributed by atoms with Crippen molar-refractivity contribution < 1.29 is 9.47 Å². The summed E-state index contributed by atoms with van der Waals surface area (Å²) in [5, 5.41) is 0. The van der Waals surface area contributed by atoms with Crippen molar-refractivity contribution in [2.24, 2.45) is 0 Å². The minimum atomic E-state index is 0.482. The maximum absolute atomic E-state index is 6.24. The molecule has 4 nitrogen and oxygen atoms in total. The molecule has 4 heteroatoms. The number of hydrogen-bond acceptors (Lipinski definition) is 4. The third-order valence-corrected chi connectivity index (χ3v) is 6.57. The van der Waals surface area contributed by atoms with Gasteiger partial charge in [0, 0.05) is 37.3 Å². The smallest absolute Gasteiger partial charge is 0.142 e. The van der Waals surface area contributed by atoms with Crippen LogP contribution in [0, 0.1) is 13.8 Å². The van der Waals surface area contributed by atoms with Gasteiger partial charge in [0.2, 0.25) is 0 Å². The lowest BCUT2D eigenvalue weighted by atomic mass is 9.95. The zero-order valence-corrected chi connectivity index (χ0v) is 19.4. The molecule has 0 aromatic heterocycles. The van der Waals surface area contributed by atoms with Gasteiger partial charge in [0.05, 0.1) is 0 Å². The average Bonchev–Trinajstić information content (AvgIpc) is 2.72. The minimum Gasteiger partial charge on any atom is -0.477 e. The van der Waals surface area contributed by atoms with Crippen LogP contribution >= 0.6 is 0 Å². The van der Waals surface area contributed by atoms with Crippen LogP contribution < -0.4 is 9.47 Å². The summed E-state index contributed by atoms with van der Waals surface area (Å²) >= 11 is 0. The van der Waals surface area contributed by atoms with E-state index in [-0.39, 0.29) is 0 Å². The second-order valence-corrected chi connectivity index (χ2v) is 9.52. The Morgan fingerprint density at radius 1 is 0.700 bits per heavy atom. The zero-order chi connectivity index (χ0) is 21.4. The van der Waals surface area contributed by atoms with Crippen LogP contribution in [0.15, 0.2) is 24.3 Å². The lowest BCUT2D eigenvalue weighted by Gasteiger charge is -2.35. The van der Waals surface area contributed by atoms with E-state index >= 15 is 0 Å². The van der Waals surface area contributed by atoms with Gasteiger partial charge >= 0.3 is 0 Å². The standard InChI is InChI=1S/C26H36N2O2/c1-17(2)21-9-7-19(5)23-13-27(15-29-25(21)23)11-12-28-14-24-20(6)8-10-22(18(3)4)26(24)30-16-28/h7-10,17-18H,11-16H2,1-6H3. The summed E-state index contributed by atoms with van der Waals surface area (Å²) in [5.74, 6) is 3.20. The molecule has 0 N–H and O–H groups in total. The summed E-state index contributed by atoms with van der Waals surface area (Å²) in [5.41, 5.74) is 8.01. The van der Waals surface area contributed by atoms with Gasteiger partial charge in [-0.05, 0) is 47.9 Å². The van der Waals surface area contributed by atoms with Crippen LogP contribution in [0.4, 0.5) is 0 Å². The quantitative estimate of drug-likeness (QED) is 0.647. The molecule has 0 fully saturated rings. The van der Waals surface area contributed by atoms with Crippen molar-refractivity contribution in [3.05, 3.63) is 57.6 Å². The van der Waals surface area contributed by atoms with E-state index in [1.54, 1.807) is 0 Å². The molecule has 0 spiro atoms. The molecule has 0 unspecified atom stereocenters. The predicted molar refractivity (Wildman–Crippen MR) is 122 cm³/mol. The number of fused-ring (bicyclic) bond motifs is 2. The van der Waals surface area contributed by atoms with E-state index in [9.17, 15) is 0 Å². The molecule has 0 radical (unpaired) electrons. The van der Waals surface area contributed by atoms with E-state index in [0.29, 0.717) is 25.3 Å². The zero-order valence-electron chi connectivity index (χ0n) is 19.4. The molecule has 2 aliphatic rings. The molecule has 0 saturated carbocycles. The van der Waals surface area contributed by atoms with Crippen molar-refractivity contribution in [1.29, 1.82) is 0 Å². The van der Waals surface area contributed by atoms with E-state index < -0.39 is 0 Å². The first-order chi connectivity index (χ1) is 14.3. The first-order valence-electron chi connectivity index (χ1n) is 11.3. The first kappa shape index (κ1) is 21.2. The Morgan fingerprint density at radius 3 is 1.47 bits per heavy atom. The highest BCUT2D eigenvalue weighted by molar-refractivity contribution is 5.49. The van der Waals surface area contributed by atoms with Gasteiger partial charge in [-0.1, -0.05) is 52.0 Å². The van der Waals surface area contributed by atoms with Crippen LogP contribution in [-0.2, 0) is 13.1 Å². The fourth-order valence-corrected chi connectivity index (χ4v) is 4.55. The maximum Gasteiger partial charge on any atom is 0.142 e. The van der Waals surface area contributed by atoms with Gasteiger partial charge < -0.3 is 9.47 Å². The molecule has 2 aliphatic heterocycles. The highest BCUT2D eigenvalue weighted by atomic mass is 16.5. The van der Waals surface area contributed by atoms with Crippen molar-refractivity contribution in [1.82, 2.24) is 9.80 Å². The van der Waals surface area contributed by atoms with E-state index in [0.717, 1.165) is 37.7 Å². The lowest BCUT2D eigenvalue weighted by Crippen LogP contribution is -2.41. The monoisotopic (exact) mass is 408 g/mol. The highest BCUT2D eigenvalue weighted by Crippen LogP contribution is 2.37. The Balaban J connectivity index is 1.42. The molecule has 4 rings (SSSR count). The van der Waals surface area contributed by atoms with Crippen molar-refractivity contribution in [3.8, 4) is 11.5 Å². The Kier molecular flexibility index (Phi) is 6.08. The second-order valence-electron chi connectivity index (χ2n) is 9.52.